The Bertz CT molecular complexity index is 1000. The predicted molar refractivity (Wildman–Crippen MR) is 112 cm³/mol. The number of hydrogen-bond donors (Lipinski definition) is 1. The highest BCUT2D eigenvalue weighted by Crippen LogP contribution is 2.36. The number of halogens is 2. The van der Waals surface area contributed by atoms with Gasteiger partial charge in [-0.25, -0.2) is 0 Å². The van der Waals surface area contributed by atoms with Gasteiger partial charge >= 0.3 is 0 Å². The number of nitriles is 1. The van der Waals surface area contributed by atoms with E-state index in [4.69, 9.17) is 9.47 Å². The van der Waals surface area contributed by atoms with Gasteiger partial charge in [0.15, 0.2) is 0 Å². The summed E-state index contributed by atoms with van der Waals surface area (Å²) in [5.41, 5.74) is 1.87. The molecule has 3 rings (SSSR count). The fraction of sp³-hybridized carbons (Fsp3) is 0.273. The number of carbonyl (C=O) groups is 1. The van der Waals surface area contributed by atoms with Crippen LogP contribution < -0.4 is 14.8 Å². The van der Waals surface area contributed by atoms with Crippen LogP contribution in [0.25, 0.3) is 6.08 Å². The van der Waals surface area contributed by atoms with Crippen LogP contribution in [-0.4, -0.2) is 24.4 Å². The molecule has 30 heavy (non-hydrogen) atoms. The van der Waals surface area contributed by atoms with E-state index in [1.165, 1.54) is 30.3 Å². The Labute approximate surface area is 177 Å². The maximum absolute atomic E-state index is 12.6. The molecule has 0 aliphatic carbocycles. The molecule has 2 aromatic carbocycles. The number of anilines is 1. The SMILES string of the molecule is CCOc1cc2c(cc1/C=C(\C#N)C(=O)Nc1ccc(SC(F)F)cc1)OC(C)C2. The molecule has 1 aliphatic heterocycles. The van der Waals surface area contributed by atoms with Gasteiger partial charge in [0.1, 0.15) is 29.2 Å². The molecule has 0 radical (unpaired) electrons. The first-order valence-corrected chi connectivity index (χ1v) is 10.2. The van der Waals surface area contributed by atoms with Gasteiger partial charge in [-0.1, -0.05) is 11.8 Å². The summed E-state index contributed by atoms with van der Waals surface area (Å²) in [4.78, 5) is 12.9. The van der Waals surface area contributed by atoms with Crippen LogP contribution in [0.2, 0.25) is 0 Å². The van der Waals surface area contributed by atoms with Crippen LogP contribution in [0.15, 0.2) is 46.9 Å². The molecule has 5 nitrogen and oxygen atoms in total. The largest absolute Gasteiger partial charge is 0.493 e. The van der Waals surface area contributed by atoms with Gasteiger partial charge in [-0.15, -0.1) is 0 Å². The van der Waals surface area contributed by atoms with Gasteiger partial charge < -0.3 is 14.8 Å². The van der Waals surface area contributed by atoms with Crippen molar-refractivity contribution in [2.24, 2.45) is 0 Å². The third-order valence-electron chi connectivity index (χ3n) is 4.33. The van der Waals surface area contributed by atoms with Crippen LogP contribution in [0.3, 0.4) is 0 Å². The van der Waals surface area contributed by atoms with E-state index in [1.54, 1.807) is 6.07 Å². The van der Waals surface area contributed by atoms with E-state index in [2.05, 4.69) is 5.32 Å². The molecule has 1 heterocycles. The Morgan fingerprint density at radius 3 is 2.77 bits per heavy atom. The van der Waals surface area contributed by atoms with E-state index in [0.717, 1.165) is 12.0 Å². The van der Waals surface area contributed by atoms with Gasteiger partial charge in [0.2, 0.25) is 0 Å². The van der Waals surface area contributed by atoms with E-state index in [0.29, 0.717) is 46.0 Å². The summed E-state index contributed by atoms with van der Waals surface area (Å²) in [5.74, 6) is -1.84. The summed E-state index contributed by atoms with van der Waals surface area (Å²) in [5, 5.41) is 12.1. The molecule has 0 saturated carbocycles. The number of fused-ring (bicyclic) bond motifs is 1. The number of nitrogens with one attached hydrogen (secondary N) is 1. The molecule has 1 unspecified atom stereocenters. The maximum atomic E-state index is 12.6. The lowest BCUT2D eigenvalue weighted by molar-refractivity contribution is -0.112. The summed E-state index contributed by atoms with van der Waals surface area (Å²) in [6.45, 7) is 4.26. The zero-order valence-electron chi connectivity index (χ0n) is 16.4. The molecule has 0 saturated heterocycles. The Hall–Kier alpha value is -3.05. The van der Waals surface area contributed by atoms with Crippen LogP contribution in [0.1, 0.15) is 25.0 Å². The van der Waals surface area contributed by atoms with Gasteiger partial charge in [-0.3, -0.25) is 4.79 Å². The molecular formula is C22H20F2N2O3S. The van der Waals surface area contributed by atoms with Gasteiger partial charge in [-0.05, 0) is 56.3 Å². The molecule has 156 valence electrons. The van der Waals surface area contributed by atoms with Crippen molar-refractivity contribution in [1.82, 2.24) is 0 Å². The number of hydrogen-bond acceptors (Lipinski definition) is 5. The minimum Gasteiger partial charge on any atom is -0.493 e. The average Bonchev–Trinajstić information content (AvgIpc) is 3.06. The highest BCUT2D eigenvalue weighted by atomic mass is 32.2. The number of alkyl halides is 2. The monoisotopic (exact) mass is 430 g/mol. The van der Waals surface area contributed by atoms with Gasteiger partial charge in [0, 0.05) is 28.1 Å². The molecule has 1 atom stereocenters. The summed E-state index contributed by atoms with van der Waals surface area (Å²) in [7, 11) is 0. The van der Waals surface area contributed by atoms with Crippen molar-refractivity contribution in [2.75, 3.05) is 11.9 Å². The molecule has 1 N–H and O–H groups in total. The summed E-state index contributed by atoms with van der Waals surface area (Å²) >= 11 is 0.419. The van der Waals surface area contributed by atoms with Crippen LogP contribution in [0, 0.1) is 11.3 Å². The zero-order chi connectivity index (χ0) is 21.7. The maximum Gasteiger partial charge on any atom is 0.288 e. The Kier molecular flexibility index (Phi) is 6.95. The fourth-order valence-electron chi connectivity index (χ4n) is 3.07. The fourth-order valence-corrected chi connectivity index (χ4v) is 3.57. The molecule has 1 aliphatic rings. The average molecular weight is 430 g/mol. The van der Waals surface area contributed by atoms with E-state index < -0.39 is 11.7 Å². The third-order valence-corrected chi connectivity index (χ3v) is 5.05. The van der Waals surface area contributed by atoms with E-state index in [1.807, 2.05) is 26.0 Å². The van der Waals surface area contributed by atoms with Crippen molar-refractivity contribution in [3.8, 4) is 17.6 Å². The number of benzene rings is 2. The normalized spacial score (nSPS) is 15.3. The smallest absolute Gasteiger partial charge is 0.288 e. The second-order valence-corrected chi connectivity index (χ2v) is 7.65. The van der Waals surface area contributed by atoms with Crippen molar-refractivity contribution in [2.45, 2.75) is 37.0 Å². The Balaban J connectivity index is 1.82. The molecular weight excluding hydrogens is 410 g/mol. The molecule has 0 bridgehead atoms. The first-order chi connectivity index (χ1) is 14.4. The summed E-state index contributed by atoms with van der Waals surface area (Å²) in [6, 6.07) is 11.5. The highest BCUT2D eigenvalue weighted by molar-refractivity contribution is 7.99. The van der Waals surface area contributed by atoms with Crippen LogP contribution >= 0.6 is 11.8 Å². The van der Waals surface area contributed by atoms with Gasteiger partial charge in [-0.2, -0.15) is 14.0 Å². The van der Waals surface area contributed by atoms with Crippen LogP contribution in [0.5, 0.6) is 11.5 Å². The molecule has 0 spiro atoms. The lowest BCUT2D eigenvalue weighted by Gasteiger charge is -2.11. The second kappa shape index (κ2) is 9.63. The van der Waals surface area contributed by atoms with Crippen molar-refractivity contribution in [3.63, 3.8) is 0 Å². The number of thioether (sulfide) groups is 1. The predicted octanol–water partition coefficient (Wildman–Crippen LogP) is 5.27. The molecule has 1 amide bonds. The minimum absolute atomic E-state index is 0.0543. The van der Waals surface area contributed by atoms with E-state index in [9.17, 15) is 18.8 Å². The highest BCUT2D eigenvalue weighted by Gasteiger charge is 2.22. The number of carbonyl (C=O) groups excluding carboxylic acids is 1. The minimum atomic E-state index is -2.52. The van der Waals surface area contributed by atoms with Crippen LogP contribution in [-0.2, 0) is 11.2 Å². The Morgan fingerprint density at radius 2 is 2.13 bits per heavy atom. The lowest BCUT2D eigenvalue weighted by atomic mass is 10.0. The summed E-state index contributed by atoms with van der Waals surface area (Å²) in [6.07, 6.45) is 2.28. The Morgan fingerprint density at radius 1 is 1.40 bits per heavy atom. The number of amides is 1. The van der Waals surface area contributed by atoms with Crippen molar-refractivity contribution in [1.29, 1.82) is 5.26 Å². The van der Waals surface area contributed by atoms with E-state index in [-0.39, 0.29) is 11.7 Å². The van der Waals surface area contributed by atoms with Crippen molar-refractivity contribution < 1.29 is 23.0 Å². The lowest BCUT2D eigenvalue weighted by Crippen LogP contribution is -2.13. The third kappa shape index (κ3) is 5.30. The van der Waals surface area contributed by atoms with Crippen molar-refractivity contribution in [3.05, 3.63) is 53.1 Å². The van der Waals surface area contributed by atoms with E-state index >= 15 is 0 Å². The molecule has 8 heteroatoms. The zero-order valence-corrected chi connectivity index (χ0v) is 17.3. The first-order valence-electron chi connectivity index (χ1n) is 9.34. The first kappa shape index (κ1) is 21.7. The molecule has 0 aromatic heterocycles. The second-order valence-electron chi connectivity index (χ2n) is 6.59. The number of nitrogens with zero attached hydrogens (tertiary/aromatic N) is 1. The van der Waals surface area contributed by atoms with Crippen LogP contribution in [0.4, 0.5) is 14.5 Å². The number of ether oxygens (including phenoxy) is 2. The number of rotatable bonds is 7. The molecule has 2 aromatic rings. The topological polar surface area (TPSA) is 71.3 Å². The van der Waals surface area contributed by atoms with Crippen molar-refractivity contribution >= 4 is 29.4 Å². The summed E-state index contributed by atoms with van der Waals surface area (Å²) < 4.78 is 36.3. The quantitative estimate of drug-likeness (QED) is 0.368. The van der Waals surface area contributed by atoms with Gasteiger partial charge in [0.05, 0.1) is 6.61 Å². The van der Waals surface area contributed by atoms with Gasteiger partial charge in [0.25, 0.3) is 11.7 Å². The standard InChI is InChI=1S/C22H20F2N2O3S/c1-3-28-19-10-14-8-13(2)29-20(14)11-15(19)9-16(12-25)21(27)26-17-4-6-18(7-5-17)30-22(23)24/h4-7,9-11,13,22H,3,8H2,1-2H3,(H,26,27)/b16-9+. The molecule has 0 fully saturated rings.